The highest BCUT2D eigenvalue weighted by molar-refractivity contribution is 7.71. The first-order valence-electron chi connectivity index (χ1n) is 6.14. The Morgan fingerprint density at radius 2 is 2.39 bits per heavy atom. The van der Waals surface area contributed by atoms with Gasteiger partial charge in [0.2, 0.25) is 0 Å². The number of hydrogen-bond donors (Lipinski definition) is 1. The van der Waals surface area contributed by atoms with Gasteiger partial charge in [0.15, 0.2) is 4.77 Å². The fourth-order valence-electron chi connectivity index (χ4n) is 2.64. The second kappa shape index (κ2) is 4.68. The van der Waals surface area contributed by atoms with Crippen molar-refractivity contribution in [3.63, 3.8) is 0 Å². The Hall–Kier alpha value is -0.840. The van der Waals surface area contributed by atoms with Crippen LogP contribution >= 0.6 is 23.8 Å². The second-order valence-electron chi connectivity index (χ2n) is 4.83. The third kappa shape index (κ3) is 1.98. The summed E-state index contributed by atoms with van der Waals surface area (Å²) >= 11 is 11.5. The number of H-pyrrole nitrogens is 1. The second-order valence-corrected chi connectivity index (χ2v) is 5.65. The zero-order valence-corrected chi connectivity index (χ0v) is 11.7. The number of nitrogens with one attached hydrogen (secondary N) is 1. The summed E-state index contributed by atoms with van der Waals surface area (Å²) in [5, 5.41) is 0.736. The first-order chi connectivity index (χ1) is 8.66. The minimum atomic E-state index is 0.326. The van der Waals surface area contributed by atoms with Crippen molar-refractivity contribution in [1.82, 2.24) is 9.55 Å². The largest absolute Gasteiger partial charge is 0.381 e. The Bertz CT molecular complexity index is 627. The average Bonchev–Trinajstić information content (AvgIpc) is 2.94. The van der Waals surface area contributed by atoms with Crippen LogP contribution < -0.4 is 0 Å². The minimum absolute atomic E-state index is 0.326. The van der Waals surface area contributed by atoms with Crippen molar-refractivity contribution >= 4 is 34.9 Å². The van der Waals surface area contributed by atoms with E-state index in [4.69, 9.17) is 28.6 Å². The average molecular weight is 283 g/mol. The van der Waals surface area contributed by atoms with Crippen LogP contribution in [0.15, 0.2) is 18.2 Å². The molecule has 0 saturated carbocycles. The van der Waals surface area contributed by atoms with Gasteiger partial charge in [-0.25, -0.2) is 0 Å². The first-order valence-corrected chi connectivity index (χ1v) is 6.93. The minimum Gasteiger partial charge on any atom is -0.381 e. The van der Waals surface area contributed by atoms with E-state index in [1.54, 1.807) is 0 Å². The Labute approximate surface area is 116 Å². The molecule has 0 radical (unpaired) electrons. The monoisotopic (exact) mass is 282 g/mol. The number of halogens is 1. The Morgan fingerprint density at radius 3 is 3.11 bits per heavy atom. The van der Waals surface area contributed by atoms with E-state index in [0.29, 0.717) is 12.0 Å². The zero-order chi connectivity index (χ0) is 12.7. The van der Waals surface area contributed by atoms with Crippen LogP contribution in [0.4, 0.5) is 0 Å². The van der Waals surface area contributed by atoms with Crippen LogP contribution in [0.2, 0.25) is 5.02 Å². The number of rotatable bonds is 2. The van der Waals surface area contributed by atoms with Gasteiger partial charge in [0.05, 0.1) is 17.6 Å². The van der Waals surface area contributed by atoms with Crippen LogP contribution in [0.25, 0.3) is 11.0 Å². The summed E-state index contributed by atoms with van der Waals surface area (Å²) in [7, 11) is 0. The van der Waals surface area contributed by atoms with Crippen LogP contribution in [-0.4, -0.2) is 22.8 Å². The number of aromatic amines is 1. The zero-order valence-electron chi connectivity index (χ0n) is 10.1. The molecule has 3 nitrogen and oxygen atoms in total. The molecule has 2 heterocycles. The van der Waals surface area contributed by atoms with Gasteiger partial charge in [0, 0.05) is 23.6 Å². The summed E-state index contributed by atoms with van der Waals surface area (Å²) in [6.07, 6.45) is 1.09. The molecule has 1 aliphatic heterocycles. The summed E-state index contributed by atoms with van der Waals surface area (Å²) in [6.45, 7) is 3.87. The molecule has 1 aliphatic rings. The third-order valence-electron chi connectivity index (χ3n) is 3.73. The molecule has 5 heteroatoms. The van der Waals surface area contributed by atoms with E-state index in [1.807, 2.05) is 18.2 Å². The molecule has 1 aromatic heterocycles. The van der Waals surface area contributed by atoms with Gasteiger partial charge in [0.25, 0.3) is 0 Å². The van der Waals surface area contributed by atoms with Gasteiger partial charge in [-0.15, -0.1) is 0 Å². The molecule has 96 valence electrons. The maximum Gasteiger partial charge on any atom is 0.178 e. The lowest BCUT2D eigenvalue weighted by Gasteiger charge is -2.20. The van der Waals surface area contributed by atoms with Crippen LogP contribution in [0, 0.1) is 10.7 Å². The third-order valence-corrected chi connectivity index (χ3v) is 4.27. The lowest BCUT2D eigenvalue weighted by molar-refractivity contribution is 0.175. The quantitative estimate of drug-likeness (QED) is 0.845. The van der Waals surface area contributed by atoms with Crippen molar-refractivity contribution < 1.29 is 4.74 Å². The van der Waals surface area contributed by atoms with E-state index in [2.05, 4.69) is 16.5 Å². The van der Waals surface area contributed by atoms with Gasteiger partial charge in [0.1, 0.15) is 0 Å². The van der Waals surface area contributed by atoms with Gasteiger partial charge in [-0.1, -0.05) is 11.6 Å². The van der Waals surface area contributed by atoms with Crippen LogP contribution in [0.1, 0.15) is 19.4 Å². The number of nitrogens with zero attached hydrogens (tertiary/aromatic N) is 1. The highest BCUT2D eigenvalue weighted by Gasteiger charge is 2.25. The Kier molecular flexibility index (Phi) is 3.18. The summed E-state index contributed by atoms with van der Waals surface area (Å²) < 4.78 is 8.39. The van der Waals surface area contributed by atoms with E-state index >= 15 is 0 Å². The first kappa shape index (κ1) is 12.2. The molecule has 1 fully saturated rings. The lowest BCUT2D eigenvalue weighted by Crippen LogP contribution is -2.16. The number of fused-ring (bicyclic) bond motifs is 1. The van der Waals surface area contributed by atoms with E-state index in [-0.39, 0.29) is 0 Å². The standard InChI is InChI=1S/C13H15ClN2OS/c1-8(9-4-5-17-7-9)16-12-6-10(14)2-3-11(12)15-13(16)18/h2-3,6,8-9H,4-5,7H2,1H3,(H,15,18). The van der Waals surface area contributed by atoms with Gasteiger partial charge in [-0.3, -0.25) is 0 Å². The molecular formula is C13H15ClN2OS. The van der Waals surface area contributed by atoms with E-state index in [9.17, 15) is 0 Å². The smallest absolute Gasteiger partial charge is 0.178 e. The molecule has 1 saturated heterocycles. The fraction of sp³-hybridized carbons (Fsp3) is 0.462. The van der Waals surface area contributed by atoms with Crippen LogP contribution in [0.5, 0.6) is 0 Å². The molecule has 1 aromatic carbocycles. The molecule has 2 aromatic rings. The normalized spacial score (nSPS) is 21.6. The maximum atomic E-state index is 6.08. The van der Waals surface area contributed by atoms with Crippen molar-refractivity contribution in [3.05, 3.63) is 28.0 Å². The number of hydrogen-bond acceptors (Lipinski definition) is 2. The van der Waals surface area contributed by atoms with Crippen LogP contribution in [-0.2, 0) is 4.74 Å². The number of ether oxygens (including phenoxy) is 1. The summed E-state index contributed by atoms with van der Waals surface area (Å²) in [5.74, 6) is 0.523. The molecule has 18 heavy (non-hydrogen) atoms. The fourth-order valence-corrected chi connectivity index (χ4v) is 3.18. The number of benzene rings is 1. The van der Waals surface area contributed by atoms with Crippen molar-refractivity contribution in [1.29, 1.82) is 0 Å². The van der Waals surface area contributed by atoms with E-state index in [0.717, 1.165) is 40.5 Å². The summed E-state index contributed by atoms with van der Waals surface area (Å²) in [6, 6.07) is 6.15. The topological polar surface area (TPSA) is 29.9 Å². The van der Waals surface area contributed by atoms with Gasteiger partial charge >= 0.3 is 0 Å². The molecular weight excluding hydrogens is 268 g/mol. The SMILES string of the molecule is CC(C1CCOC1)n1c(=S)[nH]c2ccc(Cl)cc21. The lowest BCUT2D eigenvalue weighted by atomic mass is 10.0. The highest BCUT2D eigenvalue weighted by Crippen LogP contribution is 2.30. The van der Waals surface area contributed by atoms with Crippen molar-refractivity contribution in [2.45, 2.75) is 19.4 Å². The molecule has 0 aliphatic carbocycles. The van der Waals surface area contributed by atoms with Crippen molar-refractivity contribution in [2.24, 2.45) is 5.92 Å². The molecule has 0 bridgehead atoms. The van der Waals surface area contributed by atoms with Gasteiger partial charge in [-0.05, 0) is 43.8 Å². The van der Waals surface area contributed by atoms with Crippen molar-refractivity contribution in [3.8, 4) is 0 Å². The Balaban J connectivity index is 2.12. The Morgan fingerprint density at radius 1 is 1.56 bits per heavy atom. The highest BCUT2D eigenvalue weighted by atomic mass is 35.5. The molecule has 0 spiro atoms. The molecule has 2 atom stereocenters. The summed E-state index contributed by atoms with van der Waals surface area (Å²) in [4.78, 5) is 3.24. The molecule has 3 rings (SSSR count). The molecule has 2 unspecified atom stereocenters. The number of imidazole rings is 1. The molecule has 0 amide bonds. The predicted octanol–water partition coefficient (Wildman–Crippen LogP) is 3.95. The summed E-state index contributed by atoms with van der Waals surface area (Å²) in [5.41, 5.74) is 2.11. The maximum absolute atomic E-state index is 6.08. The number of aromatic nitrogens is 2. The van der Waals surface area contributed by atoms with Crippen molar-refractivity contribution in [2.75, 3.05) is 13.2 Å². The van der Waals surface area contributed by atoms with Crippen LogP contribution in [0.3, 0.4) is 0 Å². The van der Waals surface area contributed by atoms with Gasteiger partial charge in [-0.2, -0.15) is 0 Å². The molecule has 1 N–H and O–H groups in total. The van der Waals surface area contributed by atoms with Gasteiger partial charge < -0.3 is 14.3 Å². The van der Waals surface area contributed by atoms with E-state index in [1.165, 1.54) is 0 Å². The predicted molar refractivity (Wildman–Crippen MR) is 75.8 cm³/mol. The van der Waals surface area contributed by atoms with E-state index < -0.39 is 0 Å².